The Morgan fingerprint density at radius 2 is 1.50 bits per heavy atom. The third-order valence-electron chi connectivity index (χ3n) is 8.56. The average molecular weight is 571 g/mol. The Kier molecular flexibility index (Phi) is 9.60. The summed E-state index contributed by atoms with van der Waals surface area (Å²) in [6, 6.07) is 20.3. The number of hydrogen-bond acceptors (Lipinski definition) is 1. The molecule has 1 aliphatic heterocycles. The van der Waals surface area contributed by atoms with Crippen LogP contribution in [0.4, 0.5) is 0 Å². The number of hydrogen-bond donors (Lipinski definition) is 0. The van der Waals surface area contributed by atoms with Gasteiger partial charge in [0, 0.05) is 0 Å². The maximum absolute atomic E-state index is 4.89. The van der Waals surface area contributed by atoms with Crippen LogP contribution in [0.1, 0.15) is 18.4 Å². The van der Waals surface area contributed by atoms with Gasteiger partial charge in [0.1, 0.15) is 8.24 Å². The normalized spacial score (nSPS) is 23.9. The summed E-state index contributed by atoms with van der Waals surface area (Å²) in [5.74, 6) is 1.31. The zero-order valence-electron chi connectivity index (χ0n) is 21.6. The van der Waals surface area contributed by atoms with E-state index in [-0.39, 0.29) is 7.43 Å². The van der Waals surface area contributed by atoms with Gasteiger partial charge in [-0.15, -0.1) is 13.1 Å². The molecule has 2 aliphatic carbocycles. The van der Waals surface area contributed by atoms with Gasteiger partial charge in [0.05, 0.1) is 0 Å². The van der Waals surface area contributed by atoms with Crippen LogP contribution < -0.4 is 0 Å². The SMILES string of the molecule is C[Si](C)(C1CCC2C(c3c4ccccc4cc4ccccc34)=CC=CC21)N1CC[N-]CC1.[CH3-].[Cl][Ti][Cl]. The number of halogens is 2. The Balaban J connectivity index is 0.000000726. The van der Waals surface area contributed by atoms with Crippen molar-refractivity contribution in [3.8, 4) is 0 Å². The van der Waals surface area contributed by atoms with Crippen molar-refractivity contribution in [2.24, 2.45) is 11.8 Å². The van der Waals surface area contributed by atoms with Crippen molar-refractivity contribution >= 4 is 54.0 Å². The Labute approximate surface area is 234 Å². The Morgan fingerprint density at radius 1 is 0.917 bits per heavy atom. The van der Waals surface area contributed by atoms with E-state index in [9.17, 15) is 0 Å². The molecule has 0 N–H and O–H groups in total. The van der Waals surface area contributed by atoms with Crippen molar-refractivity contribution in [2.75, 3.05) is 26.2 Å². The van der Waals surface area contributed by atoms with Crippen molar-refractivity contribution in [1.82, 2.24) is 4.57 Å². The van der Waals surface area contributed by atoms with Crippen molar-refractivity contribution in [1.29, 1.82) is 0 Å². The Hall–Kier alpha value is -0.909. The van der Waals surface area contributed by atoms with Gasteiger partial charge >= 0.3 is 35.6 Å². The molecule has 6 heteroatoms. The van der Waals surface area contributed by atoms with E-state index in [0.717, 1.165) is 18.6 Å². The van der Waals surface area contributed by atoms with Crippen molar-refractivity contribution in [2.45, 2.75) is 31.5 Å². The molecule has 190 valence electrons. The monoisotopic (exact) mass is 570 g/mol. The molecule has 3 aliphatic rings. The molecule has 1 heterocycles. The van der Waals surface area contributed by atoms with E-state index in [1.165, 1.54) is 53.0 Å². The van der Waals surface area contributed by atoms with Crippen LogP contribution in [0.2, 0.25) is 18.6 Å². The minimum atomic E-state index is -1.52. The van der Waals surface area contributed by atoms with Gasteiger partial charge in [0.25, 0.3) is 0 Å². The second-order valence-electron chi connectivity index (χ2n) is 10.5. The van der Waals surface area contributed by atoms with Crippen LogP contribution in [0.15, 0.2) is 72.8 Å². The number of nitrogens with zero attached hydrogens (tertiary/aromatic N) is 2. The van der Waals surface area contributed by atoms with Crippen LogP contribution in [0.25, 0.3) is 32.4 Å². The molecular weight excluding hydrogens is 535 g/mol. The fourth-order valence-corrected chi connectivity index (χ4v) is 10.9. The van der Waals surface area contributed by atoms with E-state index in [0.29, 0.717) is 11.8 Å². The standard InChI is InChI=1S/C29H33N2Si.CH3.2ClH.Ti/c1-32(2,31-18-16-30-17-19-31)28-15-14-25-26(28)12-7-13-27(25)29-23-10-5-3-8-21(23)20-22-9-4-6-11-24(22)29;;;;/h3-13,20,25-26,28H,14-19H2,1-2H3;1H3;2*1H;/q2*-1;;;+2/p-2. The molecule has 2 nitrogen and oxygen atoms in total. The van der Waals surface area contributed by atoms with E-state index in [1.54, 1.807) is 5.57 Å². The number of rotatable bonds is 3. The van der Waals surface area contributed by atoms with Gasteiger partial charge in [0.2, 0.25) is 0 Å². The number of piperazine rings is 1. The van der Waals surface area contributed by atoms with Gasteiger partial charge in [-0.25, -0.2) is 0 Å². The molecule has 1 saturated heterocycles. The zero-order chi connectivity index (χ0) is 24.4. The molecule has 3 unspecified atom stereocenters. The Morgan fingerprint density at radius 3 is 2.11 bits per heavy atom. The number of benzene rings is 3. The maximum atomic E-state index is 4.89. The number of allylic oxidation sites excluding steroid dienone is 4. The van der Waals surface area contributed by atoms with Crippen LogP contribution in [-0.4, -0.2) is 39.0 Å². The van der Waals surface area contributed by atoms with E-state index in [2.05, 4.69) is 95.8 Å². The van der Waals surface area contributed by atoms with Gasteiger partial charge in [-0.1, -0.05) is 86.3 Å². The van der Waals surface area contributed by atoms with Crippen molar-refractivity contribution in [3.05, 3.63) is 91.1 Å². The number of fused-ring (bicyclic) bond motifs is 3. The second-order valence-corrected chi connectivity index (χ2v) is 17.7. The van der Waals surface area contributed by atoms with Crippen LogP contribution in [-0.2, 0) is 17.0 Å². The third-order valence-corrected chi connectivity index (χ3v) is 13.1. The second kappa shape index (κ2) is 12.3. The predicted octanol–water partition coefficient (Wildman–Crippen LogP) is 9.06. The topological polar surface area (TPSA) is 17.3 Å². The predicted molar refractivity (Wildman–Crippen MR) is 159 cm³/mol. The van der Waals surface area contributed by atoms with Crippen molar-refractivity contribution in [3.63, 3.8) is 0 Å². The molecule has 0 radical (unpaired) electrons. The summed E-state index contributed by atoms with van der Waals surface area (Å²) in [5, 5.41) is 10.1. The zero-order valence-corrected chi connectivity index (χ0v) is 25.6. The van der Waals surface area contributed by atoms with E-state index >= 15 is 0 Å². The first-order valence-electron chi connectivity index (χ1n) is 12.7. The molecule has 3 aromatic carbocycles. The molecule has 3 atom stereocenters. The van der Waals surface area contributed by atoms with Crippen LogP contribution in [0.5, 0.6) is 0 Å². The molecule has 1 saturated carbocycles. The fraction of sp³-hybridized carbons (Fsp3) is 0.367. The molecule has 3 aromatic rings. The van der Waals surface area contributed by atoms with E-state index < -0.39 is 25.3 Å². The van der Waals surface area contributed by atoms with Gasteiger partial charge in [-0.05, 0) is 75.6 Å². The van der Waals surface area contributed by atoms with Crippen molar-refractivity contribution < 1.29 is 17.0 Å². The van der Waals surface area contributed by atoms with E-state index in [1.807, 2.05) is 0 Å². The van der Waals surface area contributed by atoms with Crippen LogP contribution in [0.3, 0.4) is 0 Å². The first kappa shape index (κ1) is 28.1. The summed E-state index contributed by atoms with van der Waals surface area (Å²) in [4.78, 5) is 0. The van der Waals surface area contributed by atoms with Gasteiger partial charge < -0.3 is 17.3 Å². The first-order valence-corrected chi connectivity index (χ1v) is 20.0. The summed E-state index contributed by atoms with van der Waals surface area (Å²) in [6.45, 7) is 9.66. The summed E-state index contributed by atoms with van der Waals surface area (Å²) >= 11 is -0.556. The van der Waals surface area contributed by atoms with Crippen LogP contribution in [0, 0.1) is 19.3 Å². The summed E-state index contributed by atoms with van der Waals surface area (Å²) in [7, 11) is 8.26. The first-order chi connectivity index (χ1) is 17.1. The quantitative estimate of drug-likeness (QED) is 0.174. The van der Waals surface area contributed by atoms with Crippen LogP contribution >= 0.6 is 18.6 Å². The van der Waals surface area contributed by atoms with Gasteiger partial charge in [-0.2, -0.15) is 0 Å². The molecule has 2 fully saturated rings. The summed E-state index contributed by atoms with van der Waals surface area (Å²) < 4.78 is 2.85. The molecule has 0 amide bonds. The average Bonchev–Trinajstić information content (AvgIpc) is 3.34. The molecule has 0 aromatic heterocycles. The third kappa shape index (κ3) is 5.31. The fourth-order valence-electron chi connectivity index (χ4n) is 6.90. The summed E-state index contributed by atoms with van der Waals surface area (Å²) in [5.41, 5.74) is 3.88. The molecule has 36 heavy (non-hydrogen) atoms. The molecule has 0 bridgehead atoms. The summed E-state index contributed by atoms with van der Waals surface area (Å²) in [6.07, 6.45) is 10.1. The van der Waals surface area contributed by atoms with Gasteiger partial charge in [-0.3, -0.25) is 0 Å². The van der Waals surface area contributed by atoms with Gasteiger partial charge in [0.15, 0.2) is 0 Å². The minimum absolute atomic E-state index is 0. The van der Waals surface area contributed by atoms with E-state index in [4.69, 9.17) is 18.6 Å². The molecule has 0 spiro atoms. The molecular formula is C30H36Cl2N2SiTi-2. The molecule has 6 rings (SSSR count). The Bertz CT molecular complexity index is 1200.